The number of thiazole rings is 1. The van der Waals surface area contributed by atoms with Gasteiger partial charge in [-0.15, -0.1) is 5.92 Å². The van der Waals surface area contributed by atoms with E-state index in [-0.39, 0.29) is 11.7 Å². The minimum absolute atomic E-state index is 0.217. The smallest absolute Gasteiger partial charge is 0.266 e. The van der Waals surface area contributed by atoms with Gasteiger partial charge >= 0.3 is 0 Å². The zero-order chi connectivity index (χ0) is 13.5. The predicted molar refractivity (Wildman–Crippen MR) is 75.9 cm³/mol. The number of nitrogen functional groups attached to an aromatic ring is 1. The van der Waals surface area contributed by atoms with E-state index in [1.54, 1.807) is 6.92 Å². The van der Waals surface area contributed by atoms with Crippen molar-refractivity contribution in [2.75, 3.05) is 30.3 Å². The normalized spacial score (nSPS) is 9.50. The van der Waals surface area contributed by atoms with Crippen LogP contribution in [0, 0.1) is 11.8 Å². The molecule has 0 saturated carbocycles. The lowest BCUT2D eigenvalue weighted by atomic mass is 10.4. The van der Waals surface area contributed by atoms with Gasteiger partial charge in [0, 0.05) is 13.1 Å². The fraction of sp³-hybridized carbons (Fsp3) is 0.500. The molecule has 0 fully saturated rings. The quantitative estimate of drug-likeness (QED) is 0.789. The van der Waals surface area contributed by atoms with Gasteiger partial charge in [0.25, 0.3) is 5.91 Å². The van der Waals surface area contributed by atoms with Crippen molar-refractivity contribution in [3.8, 4) is 11.8 Å². The van der Waals surface area contributed by atoms with Crippen molar-refractivity contribution in [2.24, 2.45) is 0 Å². The lowest BCUT2D eigenvalue weighted by Gasteiger charge is -2.16. The Kier molecular flexibility index (Phi) is 5.46. The number of hydrogen-bond donors (Lipinski definition) is 2. The average Bonchev–Trinajstić information content (AvgIpc) is 2.73. The molecule has 0 bridgehead atoms. The molecule has 6 heteroatoms. The molecule has 0 saturated heterocycles. The first-order valence-electron chi connectivity index (χ1n) is 5.83. The van der Waals surface area contributed by atoms with E-state index in [4.69, 9.17) is 5.73 Å². The third kappa shape index (κ3) is 3.37. The van der Waals surface area contributed by atoms with E-state index in [1.807, 2.05) is 13.8 Å². The van der Waals surface area contributed by atoms with Crippen LogP contribution in [0.2, 0.25) is 0 Å². The van der Waals surface area contributed by atoms with Crippen LogP contribution < -0.4 is 16.0 Å². The van der Waals surface area contributed by atoms with Crippen molar-refractivity contribution in [1.82, 2.24) is 10.3 Å². The number of nitrogens with two attached hydrogens (primary N) is 1. The van der Waals surface area contributed by atoms with Gasteiger partial charge in [0.1, 0.15) is 10.7 Å². The summed E-state index contributed by atoms with van der Waals surface area (Å²) in [6, 6.07) is 0. The molecule has 0 aromatic carbocycles. The highest BCUT2D eigenvalue weighted by Gasteiger charge is 2.17. The molecule has 3 N–H and O–H groups in total. The maximum atomic E-state index is 11.8. The van der Waals surface area contributed by atoms with Crippen LogP contribution in [0.1, 0.15) is 30.4 Å². The van der Waals surface area contributed by atoms with Crippen molar-refractivity contribution in [3.63, 3.8) is 0 Å². The number of carbonyl (C=O) groups excluding carboxylic acids is 1. The van der Waals surface area contributed by atoms with Crippen molar-refractivity contribution in [2.45, 2.75) is 20.8 Å². The molecule has 0 aliphatic heterocycles. The molecule has 0 radical (unpaired) electrons. The summed E-state index contributed by atoms with van der Waals surface area (Å²) in [5.41, 5.74) is 5.77. The van der Waals surface area contributed by atoms with Crippen LogP contribution in [0.15, 0.2) is 0 Å². The van der Waals surface area contributed by atoms with Crippen LogP contribution in [-0.2, 0) is 0 Å². The second-order valence-electron chi connectivity index (χ2n) is 3.49. The molecular formula is C12H18N4OS. The molecule has 18 heavy (non-hydrogen) atoms. The van der Waals surface area contributed by atoms with Gasteiger partial charge in [-0.25, -0.2) is 4.98 Å². The third-order valence-corrected chi connectivity index (χ3v) is 3.53. The van der Waals surface area contributed by atoms with Crippen LogP contribution >= 0.6 is 11.3 Å². The fourth-order valence-electron chi connectivity index (χ4n) is 1.41. The van der Waals surface area contributed by atoms with Crippen molar-refractivity contribution in [1.29, 1.82) is 0 Å². The van der Waals surface area contributed by atoms with Gasteiger partial charge in [0.15, 0.2) is 5.13 Å². The van der Waals surface area contributed by atoms with Gasteiger partial charge < -0.3 is 16.0 Å². The third-order valence-electron chi connectivity index (χ3n) is 2.40. The Bertz CT molecular complexity index is 468. The highest BCUT2D eigenvalue weighted by molar-refractivity contribution is 7.18. The number of anilines is 2. The highest BCUT2D eigenvalue weighted by atomic mass is 32.1. The Morgan fingerprint density at radius 2 is 2.17 bits per heavy atom. The highest BCUT2D eigenvalue weighted by Crippen LogP contribution is 2.27. The van der Waals surface area contributed by atoms with E-state index < -0.39 is 0 Å². The zero-order valence-corrected chi connectivity index (χ0v) is 11.7. The number of amides is 1. The number of rotatable bonds is 5. The van der Waals surface area contributed by atoms with Crippen LogP contribution in [0.4, 0.5) is 10.9 Å². The van der Waals surface area contributed by atoms with E-state index in [0.717, 1.165) is 18.2 Å². The van der Waals surface area contributed by atoms with Gasteiger partial charge in [-0.05, 0) is 20.8 Å². The molecule has 1 rings (SSSR count). The Hall–Kier alpha value is -1.74. The van der Waals surface area contributed by atoms with Crippen molar-refractivity contribution >= 4 is 28.2 Å². The summed E-state index contributed by atoms with van der Waals surface area (Å²) < 4.78 is 0. The summed E-state index contributed by atoms with van der Waals surface area (Å²) in [5.74, 6) is 5.55. The van der Waals surface area contributed by atoms with Gasteiger partial charge in [0.05, 0.1) is 6.54 Å². The first-order chi connectivity index (χ1) is 8.63. The van der Waals surface area contributed by atoms with E-state index in [9.17, 15) is 4.79 Å². The standard InChI is InChI=1S/C12H18N4OS/c1-4-7-8-14-11(17)9-10(13)15-12(18-9)16(5-2)6-3/h5-6,8,13H2,1-3H3,(H,14,17). The molecular weight excluding hydrogens is 248 g/mol. The van der Waals surface area contributed by atoms with E-state index >= 15 is 0 Å². The SMILES string of the molecule is CC#CCNC(=O)c1sc(N(CC)CC)nc1N. The topological polar surface area (TPSA) is 71.2 Å². The Morgan fingerprint density at radius 3 is 2.72 bits per heavy atom. The van der Waals surface area contributed by atoms with Crippen LogP contribution in [0.25, 0.3) is 0 Å². The van der Waals surface area contributed by atoms with Gasteiger partial charge in [-0.3, -0.25) is 4.79 Å². The second-order valence-corrected chi connectivity index (χ2v) is 4.47. The molecule has 0 unspecified atom stereocenters. The maximum absolute atomic E-state index is 11.8. The molecule has 0 atom stereocenters. The summed E-state index contributed by atoms with van der Waals surface area (Å²) in [6.45, 7) is 7.81. The maximum Gasteiger partial charge on any atom is 0.266 e. The molecule has 0 aliphatic rings. The van der Waals surface area contributed by atoms with E-state index in [0.29, 0.717) is 11.4 Å². The second kappa shape index (κ2) is 6.87. The Labute approximate surface area is 111 Å². The van der Waals surface area contributed by atoms with Crippen LogP contribution in [-0.4, -0.2) is 30.5 Å². The summed E-state index contributed by atoms with van der Waals surface area (Å²) in [4.78, 5) is 18.6. The molecule has 0 aliphatic carbocycles. The van der Waals surface area contributed by atoms with Gasteiger partial charge in [-0.1, -0.05) is 17.3 Å². The minimum Gasteiger partial charge on any atom is -0.382 e. The molecule has 98 valence electrons. The Balaban J connectivity index is 2.82. The fourth-order valence-corrected chi connectivity index (χ4v) is 2.43. The van der Waals surface area contributed by atoms with Gasteiger partial charge in [0.2, 0.25) is 0 Å². The first kappa shape index (κ1) is 14.3. The van der Waals surface area contributed by atoms with Crippen molar-refractivity contribution in [3.05, 3.63) is 4.88 Å². The van der Waals surface area contributed by atoms with Crippen molar-refractivity contribution < 1.29 is 4.79 Å². The van der Waals surface area contributed by atoms with Crippen LogP contribution in [0.5, 0.6) is 0 Å². The predicted octanol–water partition coefficient (Wildman–Crippen LogP) is 1.32. The van der Waals surface area contributed by atoms with Crippen LogP contribution in [0.3, 0.4) is 0 Å². The Morgan fingerprint density at radius 1 is 1.50 bits per heavy atom. The summed E-state index contributed by atoms with van der Waals surface area (Å²) >= 11 is 1.31. The molecule has 1 aromatic rings. The molecule has 0 spiro atoms. The van der Waals surface area contributed by atoms with E-state index in [2.05, 4.69) is 27.0 Å². The summed E-state index contributed by atoms with van der Waals surface area (Å²) in [6.07, 6.45) is 0. The number of nitrogens with zero attached hydrogens (tertiary/aromatic N) is 2. The molecule has 1 aromatic heterocycles. The number of nitrogens with one attached hydrogen (secondary N) is 1. The molecule has 1 amide bonds. The number of hydrogen-bond acceptors (Lipinski definition) is 5. The monoisotopic (exact) mass is 266 g/mol. The minimum atomic E-state index is -0.217. The lowest BCUT2D eigenvalue weighted by molar-refractivity contribution is 0.0963. The lowest BCUT2D eigenvalue weighted by Crippen LogP contribution is -2.23. The largest absolute Gasteiger partial charge is 0.382 e. The molecule has 5 nitrogen and oxygen atoms in total. The number of carbonyl (C=O) groups is 1. The summed E-state index contributed by atoms with van der Waals surface area (Å²) in [7, 11) is 0. The van der Waals surface area contributed by atoms with E-state index in [1.165, 1.54) is 11.3 Å². The zero-order valence-electron chi connectivity index (χ0n) is 10.9. The van der Waals surface area contributed by atoms with Gasteiger partial charge in [-0.2, -0.15) is 0 Å². The molecule has 1 heterocycles. The first-order valence-corrected chi connectivity index (χ1v) is 6.64. The summed E-state index contributed by atoms with van der Waals surface area (Å²) in [5, 5.41) is 3.47. The number of aromatic nitrogens is 1. The average molecular weight is 266 g/mol.